The van der Waals surface area contributed by atoms with Crippen LogP contribution in [0.1, 0.15) is 32.1 Å². The van der Waals surface area contributed by atoms with Crippen LogP contribution in [0.15, 0.2) is 0 Å². The second kappa shape index (κ2) is 3.23. The lowest BCUT2D eigenvalue weighted by atomic mass is 10.0. The summed E-state index contributed by atoms with van der Waals surface area (Å²) < 4.78 is 12.0. The molecule has 1 saturated carbocycles. The van der Waals surface area contributed by atoms with Crippen molar-refractivity contribution in [3.8, 4) is 0 Å². The first-order valence-corrected chi connectivity index (χ1v) is 4.84. The largest absolute Gasteiger partial charge is 0.322 e. The maximum absolute atomic E-state index is 12.0. The van der Waals surface area contributed by atoms with E-state index in [2.05, 4.69) is 0 Å². The molecule has 0 unspecified atom stereocenters. The predicted molar refractivity (Wildman–Crippen MR) is 36.5 cm³/mol. The second-order valence-corrected chi connectivity index (χ2v) is 4.12. The molecule has 0 nitrogen and oxygen atoms in total. The summed E-state index contributed by atoms with van der Waals surface area (Å²) in [4.78, 5) is 0. The van der Waals surface area contributed by atoms with Crippen molar-refractivity contribution in [3.05, 3.63) is 0 Å². The van der Waals surface area contributed by atoms with E-state index in [0.717, 1.165) is 0 Å². The third-order valence-corrected chi connectivity index (χ3v) is 3.20. The number of hydrogen-bond acceptors (Lipinski definition) is 0. The molecule has 1 rings (SSSR count). The molecule has 0 aromatic heterocycles. The van der Waals surface area contributed by atoms with E-state index >= 15 is 0 Å². The molecule has 1 fully saturated rings. The maximum atomic E-state index is 12.0. The van der Waals surface area contributed by atoms with Crippen molar-refractivity contribution in [2.75, 3.05) is 0 Å². The van der Waals surface area contributed by atoms with Gasteiger partial charge in [0.1, 0.15) is 0 Å². The van der Waals surface area contributed by atoms with Gasteiger partial charge in [0.2, 0.25) is 9.85 Å². The molecule has 48 valence electrons. The normalized spacial score (nSPS) is 25.1. The Morgan fingerprint density at radius 2 is 1.75 bits per heavy atom. The van der Waals surface area contributed by atoms with Gasteiger partial charge in [0.15, 0.2) is 0 Å². The van der Waals surface area contributed by atoms with Gasteiger partial charge in [-0.2, -0.15) is 0 Å². The van der Waals surface area contributed by atoms with E-state index in [9.17, 15) is 4.11 Å². The Bertz CT molecular complexity index is 59.5. The summed E-state index contributed by atoms with van der Waals surface area (Å²) in [5, 5.41) is 0. The summed E-state index contributed by atoms with van der Waals surface area (Å²) >= 11 is 0. The van der Waals surface area contributed by atoms with E-state index < -0.39 is 9.85 Å². The monoisotopic (exact) mass is 132 g/mol. The Balaban J connectivity index is 2.13. The maximum Gasteiger partial charge on any atom is 0.219 e. The third kappa shape index (κ3) is 1.58. The van der Waals surface area contributed by atoms with Gasteiger partial charge in [0.05, 0.1) is 0 Å². The fourth-order valence-corrected chi connectivity index (χ4v) is 2.23. The Morgan fingerprint density at radius 1 is 1.12 bits per heavy atom. The van der Waals surface area contributed by atoms with E-state index in [0.29, 0.717) is 5.54 Å². The molecule has 0 aliphatic heterocycles. The molecule has 0 bridgehead atoms. The van der Waals surface area contributed by atoms with Gasteiger partial charge in [0, 0.05) is 0 Å². The summed E-state index contributed by atoms with van der Waals surface area (Å²) in [6.45, 7) is 0. The van der Waals surface area contributed by atoms with Crippen molar-refractivity contribution in [2.45, 2.75) is 37.6 Å². The predicted octanol–water partition coefficient (Wildman–Crippen LogP) is 1.79. The topological polar surface area (TPSA) is 0 Å². The Kier molecular flexibility index (Phi) is 2.53. The minimum absolute atomic E-state index is 0.559. The summed E-state index contributed by atoms with van der Waals surface area (Å²) in [6.07, 6.45) is 6.33. The quantitative estimate of drug-likeness (QED) is 0.377. The average Bonchev–Trinajstić information content (AvgIpc) is 1.90. The lowest BCUT2D eigenvalue weighted by molar-refractivity contribution is 0.489. The Morgan fingerprint density at radius 3 is 2.12 bits per heavy atom. The molecule has 0 aromatic rings. The fraction of sp³-hybridized carbons (Fsp3) is 1.00. The van der Waals surface area contributed by atoms with Gasteiger partial charge in [-0.05, 0) is 5.54 Å². The van der Waals surface area contributed by atoms with Crippen LogP contribution in [0.4, 0.5) is 4.11 Å². The number of hydrogen-bond donors (Lipinski definition) is 0. The van der Waals surface area contributed by atoms with Crippen LogP contribution in [-0.2, 0) is 0 Å². The highest BCUT2D eigenvalue weighted by molar-refractivity contribution is 6.28. The van der Waals surface area contributed by atoms with Crippen LogP contribution in [0.25, 0.3) is 0 Å². The highest BCUT2D eigenvalue weighted by Gasteiger charge is 2.12. The van der Waals surface area contributed by atoms with Crippen LogP contribution in [0.2, 0.25) is 5.54 Å². The minimum atomic E-state index is -1.13. The standard InChI is InChI=1S/C6H13FSi/c7-8-6-4-2-1-3-5-6/h6H,1-5,8H2. The zero-order chi connectivity index (χ0) is 5.82. The molecule has 0 radical (unpaired) electrons. The summed E-state index contributed by atoms with van der Waals surface area (Å²) in [5.74, 6) is 0. The lowest BCUT2D eigenvalue weighted by Crippen LogP contribution is -2.03. The zero-order valence-corrected chi connectivity index (χ0v) is 6.61. The van der Waals surface area contributed by atoms with Crippen molar-refractivity contribution in [1.82, 2.24) is 0 Å². The molecule has 1 aliphatic rings. The average molecular weight is 132 g/mol. The van der Waals surface area contributed by atoms with Crippen LogP contribution in [0, 0.1) is 0 Å². The van der Waals surface area contributed by atoms with E-state index in [1.165, 1.54) is 32.1 Å². The van der Waals surface area contributed by atoms with Gasteiger partial charge >= 0.3 is 0 Å². The number of rotatable bonds is 1. The van der Waals surface area contributed by atoms with Gasteiger partial charge in [-0.15, -0.1) is 0 Å². The highest BCUT2D eigenvalue weighted by atomic mass is 28.3. The summed E-state index contributed by atoms with van der Waals surface area (Å²) in [6, 6.07) is 0. The fourth-order valence-electron chi connectivity index (χ4n) is 1.34. The van der Waals surface area contributed by atoms with Gasteiger partial charge in [0.25, 0.3) is 0 Å². The molecule has 0 N–H and O–H groups in total. The van der Waals surface area contributed by atoms with Crippen molar-refractivity contribution < 1.29 is 4.11 Å². The van der Waals surface area contributed by atoms with Crippen LogP contribution in [0.5, 0.6) is 0 Å². The minimum Gasteiger partial charge on any atom is -0.322 e. The molecular formula is C6H13FSi. The molecule has 2 heteroatoms. The molecule has 1 aliphatic carbocycles. The first kappa shape index (κ1) is 6.27. The molecule has 0 spiro atoms. The van der Waals surface area contributed by atoms with E-state index in [4.69, 9.17) is 0 Å². The van der Waals surface area contributed by atoms with Gasteiger partial charge in [-0.1, -0.05) is 32.1 Å². The molecule has 0 atom stereocenters. The molecule has 0 amide bonds. The SMILES string of the molecule is F[SiH2]C1CCCCC1. The molecule has 0 aromatic carbocycles. The Labute approximate surface area is 52.5 Å². The van der Waals surface area contributed by atoms with Crippen LogP contribution < -0.4 is 0 Å². The van der Waals surface area contributed by atoms with E-state index in [-0.39, 0.29) is 0 Å². The van der Waals surface area contributed by atoms with Gasteiger partial charge in [-0.25, -0.2) is 0 Å². The van der Waals surface area contributed by atoms with Crippen molar-refractivity contribution in [2.24, 2.45) is 0 Å². The zero-order valence-electron chi connectivity index (χ0n) is 5.20. The first-order chi connectivity index (χ1) is 3.93. The van der Waals surface area contributed by atoms with Crippen LogP contribution in [-0.4, -0.2) is 9.85 Å². The molecular weight excluding hydrogens is 119 g/mol. The third-order valence-electron chi connectivity index (χ3n) is 1.94. The van der Waals surface area contributed by atoms with Gasteiger partial charge < -0.3 is 4.11 Å². The van der Waals surface area contributed by atoms with Crippen molar-refractivity contribution in [3.63, 3.8) is 0 Å². The molecule has 0 heterocycles. The van der Waals surface area contributed by atoms with Crippen LogP contribution in [0.3, 0.4) is 0 Å². The van der Waals surface area contributed by atoms with Crippen LogP contribution >= 0.6 is 0 Å². The molecule has 8 heavy (non-hydrogen) atoms. The van der Waals surface area contributed by atoms with E-state index in [1.807, 2.05) is 0 Å². The Hall–Kier alpha value is 0.147. The first-order valence-electron chi connectivity index (χ1n) is 3.49. The second-order valence-electron chi connectivity index (χ2n) is 2.66. The number of halogens is 1. The summed E-state index contributed by atoms with van der Waals surface area (Å²) in [7, 11) is -1.13. The van der Waals surface area contributed by atoms with Gasteiger partial charge in [-0.3, -0.25) is 0 Å². The van der Waals surface area contributed by atoms with Crippen molar-refractivity contribution >= 4 is 9.85 Å². The van der Waals surface area contributed by atoms with E-state index in [1.54, 1.807) is 0 Å². The summed E-state index contributed by atoms with van der Waals surface area (Å²) in [5.41, 5.74) is 0.559. The smallest absolute Gasteiger partial charge is 0.219 e. The molecule has 0 saturated heterocycles. The lowest BCUT2D eigenvalue weighted by Gasteiger charge is -2.16. The highest BCUT2D eigenvalue weighted by Crippen LogP contribution is 2.27. The van der Waals surface area contributed by atoms with Crippen molar-refractivity contribution in [1.29, 1.82) is 0 Å².